The summed E-state index contributed by atoms with van der Waals surface area (Å²) in [6.45, 7) is 9.30. The minimum absolute atomic E-state index is 0.0779. The van der Waals surface area contributed by atoms with Gasteiger partial charge in [0.1, 0.15) is 11.5 Å². The first-order chi connectivity index (χ1) is 9.96. The Kier molecular flexibility index (Phi) is 4.97. The summed E-state index contributed by atoms with van der Waals surface area (Å²) in [6, 6.07) is 12.1. The molecule has 0 unspecified atom stereocenters. The van der Waals surface area contributed by atoms with Crippen LogP contribution in [0.2, 0.25) is 0 Å². The molecule has 0 bridgehead atoms. The predicted molar refractivity (Wildman–Crippen MR) is 86.7 cm³/mol. The van der Waals surface area contributed by atoms with Crippen molar-refractivity contribution < 1.29 is 4.74 Å². The van der Waals surface area contributed by atoms with Crippen molar-refractivity contribution in [3.8, 4) is 11.5 Å². The van der Waals surface area contributed by atoms with E-state index in [4.69, 9.17) is 4.74 Å². The Balaban J connectivity index is 2.03. The van der Waals surface area contributed by atoms with Gasteiger partial charge in [-0.25, -0.2) is 0 Å². The third kappa shape index (κ3) is 5.20. The topological polar surface area (TPSA) is 34.1 Å². The molecule has 3 heteroatoms. The van der Waals surface area contributed by atoms with Crippen molar-refractivity contribution in [2.45, 2.75) is 46.2 Å². The maximum atomic E-state index is 5.88. The fourth-order valence-electron chi connectivity index (χ4n) is 1.90. The lowest BCUT2D eigenvalue weighted by molar-refractivity contribution is 0.419. The Morgan fingerprint density at radius 2 is 1.76 bits per heavy atom. The zero-order valence-electron chi connectivity index (χ0n) is 13.3. The summed E-state index contributed by atoms with van der Waals surface area (Å²) in [5.74, 6) is 1.67. The quantitative estimate of drug-likeness (QED) is 0.887. The van der Waals surface area contributed by atoms with E-state index in [0.29, 0.717) is 0 Å². The van der Waals surface area contributed by atoms with Gasteiger partial charge >= 0.3 is 0 Å². The molecule has 2 rings (SSSR count). The first-order valence-corrected chi connectivity index (χ1v) is 7.43. The lowest BCUT2D eigenvalue weighted by Crippen LogP contribution is -2.35. The number of aromatic nitrogens is 1. The molecule has 0 aliphatic heterocycles. The van der Waals surface area contributed by atoms with Crippen molar-refractivity contribution >= 4 is 0 Å². The summed E-state index contributed by atoms with van der Waals surface area (Å²) in [5, 5.41) is 3.43. The van der Waals surface area contributed by atoms with Crippen molar-refractivity contribution in [3.63, 3.8) is 0 Å². The van der Waals surface area contributed by atoms with Crippen LogP contribution in [0.25, 0.3) is 0 Å². The van der Waals surface area contributed by atoms with Gasteiger partial charge in [0.15, 0.2) is 0 Å². The molecular formula is C18H24N2O. The van der Waals surface area contributed by atoms with Gasteiger partial charge in [0, 0.05) is 24.3 Å². The summed E-state index contributed by atoms with van der Waals surface area (Å²) >= 11 is 0. The minimum atomic E-state index is 0.0779. The number of benzene rings is 1. The molecule has 0 amide bonds. The zero-order valence-corrected chi connectivity index (χ0v) is 13.3. The lowest BCUT2D eigenvalue weighted by atomic mass is 10.1. The van der Waals surface area contributed by atoms with Crippen LogP contribution in [0.1, 0.15) is 39.0 Å². The third-order valence-corrected chi connectivity index (χ3v) is 3.16. The van der Waals surface area contributed by atoms with Crippen LogP contribution in [0.3, 0.4) is 0 Å². The molecule has 0 saturated carbocycles. The van der Waals surface area contributed by atoms with Crippen molar-refractivity contribution in [2.24, 2.45) is 0 Å². The Labute approximate surface area is 127 Å². The van der Waals surface area contributed by atoms with Gasteiger partial charge in [-0.15, -0.1) is 0 Å². The number of hydrogen-bond donors (Lipinski definition) is 1. The van der Waals surface area contributed by atoms with Crippen LogP contribution in [0.5, 0.6) is 11.5 Å². The summed E-state index contributed by atoms with van der Waals surface area (Å²) < 4.78 is 5.88. The van der Waals surface area contributed by atoms with Crippen LogP contribution in [0.4, 0.5) is 0 Å². The minimum Gasteiger partial charge on any atom is -0.457 e. The molecule has 2 aromatic rings. The van der Waals surface area contributed by atoms with E-state index in [1.54, 1.807) is 6.20 Å². The standard InChI is InChI=1S/C18H24N2O/c1-5-14-6-8-16(9-7-14)21-17-10-11-19-15(12-17)13-20-18(2,3)4/h6-12,20H,5,13H2,1-4H3. The van der Waals surface area contributed by atoms with Gasteiger partial charge in [0.05, 0.1) is 5.69 Å². The van der Waals surface area contributed by atoms with E-state index in [9.17, 15) is 0 Å². The van der Waals surface area contributed by atoms with Crippen molar-refractivity contribution in [2.75, 3.05) is 0 Å². The van der Waals surface area contributed by atoms with Gasteiger partial charge in [-0.2, -0.15) is 0 Å². The fraction of sp³-hybridized carbons (Fsp3) is 0.389. The molecular weight excluding hydrogens is 260 g/mol. The molecule has 1 aromatic heterocycles. The Bertz CT molecular complexity index is 571. The molecule has 0 saturated heterocycles. The monoisotopic (exact) mass is 284 g/mol. The van der Waals surface area contributed by atoms with Crippen LogP contribution in [0.15, 0.2) is 42.6 Å². The summed E-state index contributed by atoms with van der Waals surface area (Å²) in [5.41, 5.74) is 2.37. The molecule has 0 fully saturated rings. The average molecular weight is 284 g/mol. The van der Waals surface area contributed by atoms with Gasteiger partial charge < -0.3 is 10.1 Å². The molecule has 1 N–H and O–H groups in total. The molecule has 3 nitrogen and oxygen atoms in total. The SMILES string of the molecule is CCc1ccc(Oc2ccnc(CNC(C)(C)C)c2)cc1. The second-order valence-electron chi connectivity index (χ2n) is 6.19. The van der Waals surface area contributed by atoms with E-state index in [2.05, 4.69) is 50.1 Å². The number of hydrogen-bond acceptors (Lipinski definition) is 3. The molecule has 1 heterocycles. The van der Waals surface area contributed by atoms with Crippen molar-refractivity contribution in [1.82, 2.24) is 10.3 Å². The van der Waals surface area contributed by atoms with Gasteiger partial charge in [-0.05, 0) is 51.0 Å². The van der Waals surface area contributed by atoms with Crippen LogP contribution in [-0.4, -0.2) is 10.5 Å². The molecule has 112 valence electrons. The second-order valence-corrected chi connectivity index (χ2v) is 6.19. The number of rotatable bonds is 5. The Morgan fingerprint density at radius 1 is 1.05 bits per heavy atom. The van der Waals surface area contributed by atoms with E-state index in [-0.39, 0.29) is 5.54 Å². The van der Waals surface area contributed by atoms with E-state index < -0.39 is 0 Å². The number of nitrogens with zero attached hydrogens (tertiary/aromatic N) is 1. The van der Waals surface area contributed by atoms with Crippen LogP contribution >= 0.6 is 0 Å². The van der Waals surface area contributed by atoms with Crippen LogP contribution < -0.4 is 10.1 Å². The molecule has 1 aromatic carbocycles. The van der Waals surface area contributed by atoms with E-state index in [1.165, 1.54) is 5.56 Å². The molecule has 0 aliphatic rings. The summed E-state index contributed by atoms with van der Waals surface area (Å²) in [4.78, 5) is 4.37. The third-order valence-electron chi connectivity index (χ3n) is 3.16. The molecule has 0 atom stereocenters. The molecule has 0 aliphatic carbocycles. The highest BCUT2D eigenvalue weighted by Crippen LogP contribution is 2.22. The molecule has 0 radical (unpaired) electrons. The van der Waals surface area contributed by atoms with Gasteiger partial charge in [-0.3, -0.25) is 4.98 Å². The highest BCUT2D eigenvalue weighted by Gasteiger charge is 2.09. The first-order valence-electron chi connectivity index (χ1n) is 7.43. The number of ether oxygens (including phenoxy) is 1. The Morgan fingerprint density at radius 3 is 2.38 bits per heavy atom. The number of pyridine rings is 1. The Hall–Kier alpha value is -1.87. The highest BCUT2D eigenvalue weighted by molar-refractivity contribution is 5.33. The first kappa shape index (κ1) is 15.5. The largest absolute Gasteiger partial charge is 0.457 e. The lowest BCUT2D eigenvalue weighted by Gasteiger charge is -2.20. The van der Waals surface area contributed by atoms with Crippen LogP contribution in [0, 0.1) is 0 Å². The van der Waals surface area contributed by atoms with Crippen molar-refractivity contribution in [1.29, 1.82) is 0 Å². The van der Waals surface area contributed by atoms with Crippen molar-refractivity contribution in [3.05, 3.63) is 53.9 Å². The predicted octanol–water partition coefficient (Wildman–Crippen LogP) is 4.32. The summed E-state index contributed by atoms with van der Waals surface area (Å²) in [7, 11) is 0. The van der Waals surface area contributed by atoms with Gasteiger partial charge in [0.25, 0.3) is 0 Å². The highest BCUT2D eigenvalue weighted by atomic mass is 16.5. The van der Waals surface area contributed by atoms with E-state index in [1.807, 2.05) is 24.3 Å². The number of aryl methyl sites for hydroxylation is 1. The zero-order chi connectivity index (χ0) is 15.3. The van der Waals surface area contributed by atoms with E-state index >= 15 is 0 Å². The molecule has 21 heavy (non-hydrogen) atoms. The summed E-state index contributed by atoms with van der Waals surface area (Å²) in [6.07, 6.45) is 2.83. The molecule has 0 spiro atoms. The maximum Gasteiger partial charge on any atom is 0.130 e. The fourth-order valence-corrected chi connectivity index (χ4v) is 1.90. The second kappa shape index (κ2) is 6.72. The van der Waals surface area contributed by atoms with E-state index in [0.717, 1.165) is 30.2 Å². The smallest absolute Gasteiger partial charge is 0.130 e. The number of nitrogens with one attached hydrogen (secondary N) is 1. The average Bonchev–Trinajstić information content (AvgIpc) is 2.46. The van der Waals surface area contributed by atoms with Gasteiger partial charge in [0.2, 0.25) is 0 Å². The maximum absolute atomic E-state index is 5.88. The normalized spacial score (nSPS) is 11.4. The van der Waals surface area contributed by atoms with Gasteiger partial charge in [-0.1, -0.05) is 19.1 Å². The van der Waals surface area contributed by atoms with Crippen LogP contribution in [-0.2, 0) is 13.0 Å².